The summed E-state index contributed by atoms with van der Waals surface area (Å²) in [5.74, 6) is -0.818. The summed E-state index contributed by atoms with van der Waals surface area (Å²) in [5.41, 5.74) is -1.11. The highest BCUT2D eigenvalue weighted by Crippen LogP contribution is 2.31. The van der Waals surface area contributed by atoms with E-state index in [1.54, 1.807) is 53.7 Å². The zero-order chi connectivity index (χ0) is 52.5. The smallest absolute Gasteiger partial charge is 0.467 e. The first-order chi connectivity index (χ1) is 32.4. The van der Waals surface area contributed by atoms with Crippen LogP contribution in [-0.4, -0.2) is 110 Å². The first-order valence-corrected chi connectivity index (χ1v) is 24.3. The van der Waals surface area contributed by atoms with Gasteiger partial charge in [0, 0.05) is 37.6 Å². The number of likely N-dealkylation sites (tertiary alicyclic amines) is 1. The second kappa shape index (κ2) is 22.8. The van der Waals surface area contributed by atoms with E-state index >= 15 is 0 Å². The van der Waals surface area contributed by atoms with Crippen molar-refractivity contribution < 1.29 is 64.5 Å². The Hall–Kier alpha value is -6.09. The minimum absolute atomic E-state index is 0.0732. The molecule has 3 aromatic rings. The lowest BCUT2D eigenvalue weighted by Crippen LogP contribution is -2.62. The lowest BCUT2D eigenvalue weighted by molar-refractivity contribution is -0.274. The number of amides is 5. The van der Waals surface area contributed by atoms with Crippen molar-refractivity contribution in [3.05, 3.63) is 83.9 Å². The molecule has 0 atom stereocenters. The van der Waals surface area contributed by atoms with Gasteiger partial charge in [0.05, 0.1) is 12.0 Å². The fourth-order valence-corrected chi connectivity index (χ4v) is 8.94. The van der Waals surface area contributed by atoms with Gasteiger partial charge in [0.25, 0.3) is 0 Å². The Morgan fingerprint density at radius 3 is 1.46 bits per heavy atom. The van der Waals surface area contributed by atoms with Crippen LogP contribution in [0.4, 0.5) is 38.9 Å². The molecule has 0 saturated carbocycles. The molecule has 2 aliphatic heterocycles. The third-order valence-electron chi connectivity index (χ3n) is 11.3. The lowest BCUT2D eigenvalue weighted by atomic mass is 9.87. The summed E-state index contributed by atoms with van der Waals surface area (Å²) < 4.78 is 84.1. The summed E-state index contributed by atoms with van der Waals surface area (Å²) in [6.45, 7) is 19.0. The second-order valence-corrected chi connectivity index (χ2v) is 21.7. The number of methoxy groups -OCH3 is 1. The number of ether oxygens (including phenoxy) is 4. The van der Waals surface area contributed by atoms with E-state index in [4.69, 9.17) is 14.2 Å². The molecule has 0 radical (unpaired) electrons. The third kappa shape index (κ3) is 16.2. The number of hydrogen-bond acceptors (Lipinski definition) is 11. The molecule has 3 aromatic carbocycles. The first kappa shape index (κ1) is 56.5. The van der Waals surface area contributed by atoms with Crippen LogP contribution in [0.2, 0.25) is 0 Å². The van der Waals surface area contributed by atoms with Crippen LogP contribution in [0.1, 0.15) is 118 Å². The molecule has 0 unspecified atom stereocenters. The molecule has 5 amide bonds. The summed E-state index contributed by atoms with van der Waals surface area (Å²) in [6, 6.07) is 18.6. The molecule has 2 aliphatic rings. The molecule has 2 fully saturated rings. The van der Waals surface area contributed by atoms with E-state index in [1.165, 1.54) is 28.4 Å². The summed E-state index contributed by atoms with van der Waals surface area (Å²) >= 11 is 0. The SMILES string of the molecule is CC(C)c1ccc(NC(=O)C2(NC(=O)OC(C)(C)C)CCN(S(=O)(=O)c3ccc(C(C)C)cc3)CC2)cc1.COC(=O)C1(NC(=O)OC(C)(C)C)CCN(C(=O)Nc2ccc(OC(F)(F)F)cc2)CC1. The molecule has 386 valence electrons. The topological polar surface area (TPSA) is 211 Å². The number of urea groups is 1. The average Bonchev–Trinajstić information content (AvgIpc) is 3.25. The normalized spacial score (nSPS) is 16.2. The number of hydrogen-bond donors (Lipinski definition) is 4. The Morgan fingerprint density at radius 2 is 1.03 bits per heavy atom. The van der Waals surface area contributed by atoms with Crippen molar-refractivity contribution in [2.75, 3.05) is 43.9 Å². The second-order valence-electron chi connectivity index (χ2n) is 19.8. The molecule has 0 bridgehead atoms. The minimum atomic E-state index is -4.81. The standard InChI is InChI=1S/C29H41N3O5S.C20H26F3N3O6/c1-20(2)22-8-12-24(13-9-22)30-26(33)29(31-27(34)37-28(5,6)7)16-18-32(19-17-29)38(35,36)25-14-10-23(11-15-25)21(3)4;1-18(2,3)32-17(29)25-19(15(27)30-4)9-11-26(12-10-19)16(28)24-13-5-7-14(8-6-13)31-20(21,22)23/h8-15,20-21H,16-19H2,1-7H3,(H,30,33)(H,31,34);5-8H,9-12H2,1-4H3,(H,24,28)(H,25,29). The van der Waals surface area contributed by atoms with Gasteiger partial charge in [0.2, 0.25) is 15.9 Å². The van der Waals surface area contributed by atoms with Gasteiger partial charge >= 0.3 is 30.5 Å². The number of alkyl halides is 3. The lowest BCUT2D eigenvalue weighted by Gasteiger charge is -2.40. The molecule has 0 aromatic heterocycles. The summed E-state index contributed by atoms with van der Waals surface area (Å²) in [5, 5.41) is 10.8. The van der Waals surface area contributed by atoms with E-state index in [0.29, 0.717) is 17.5 Å². The number of esters is 1. The van der Waals surface area contributed by atoms with Gasteiger partial charge in [-0.2, -0.15) is 4.31 Å². The number of sulfonamides is 1. The number of anilines is 2. The molecule has 17 nitrogen and oxygen atoms in total. The molecular formula is C49H67F3N6O11S. The van der Waals surface area contributed by atoms with E-state index in [2.05, 4.69) is 53.7 Å². The number of piperidine rings is 2. The number of carbonyl (C=O) groups is 5. The molecule has 4 N–H and O–H groups in total. The maximum atomic E-state index is 13.6. The van der Waals surface area contributed by atoms with Crippen LogP contribution in [0.3, 0.4) is 0 Å². The Labute approximate surface area is 408 Å². The Bertz CT molecular complexity index is 2390. The van der Waals surface area contributed by atoms with Crippen LogP contribution < -0.4 is 26.0 Å². The molecule has 0 aliphatic carbocycles. The highest BCUT2D eigenvalue weighted by Gasteiger charge is 2.47. The largest absolute Gasteiger partial charge is 0.573 e. The summed E-state index contributed by atoms with van der Waals surface area (Å²) in [7, 11) is -2.55. The number of rotatable bonds is 11. The van der Waals surface area contributed by atoms with Crippen molar-refractivity contribution in [1.29, 1.82) is 0 Å². The van der Waals surface area contributed by atoms with Crippen molar-refractivity contribution in [2.45, 2.75) is 140 Å². The molecule has 2 heterocycles. The molecule has 0 spiro atoms. The Morgan fingerprint density at radius 1 is 0.614 bits per heavy atom. The highest BCUT2D eigenvalue weighted by molar-refractivity contribution is 7.89. The molecule has 5 rings (SSSR count). The monoisotopic (exact) mass is 1000 g/mol. The van der Waals surface area contributed by atoms with Gasteiger partial charge in [-0.3, -0.25) is 4.79 Å². The number of alkyl carbamates (subject to hydrolysis) is 2. The maximum Gasteiger partial charge on any atom is 0.573 e. The minimum Gasteiger partial charge on any atom is -0.467 e. The fourth-order valence-electron chi connectivity index (χ4n) is 7.50. The third-order valence-corrected chi connectivity index (χ3v) is 13.2. The van der Waals surface area contributed by atoms with Crippen molar-refractivity contribution in [2.24, 2.45) is 0 Å². The Balaban J connectivity index is 0.000000309. The van der Waals surface area contributed by atoms with Crippen LogP contribution in [0, 0.1) is 0 Å². The molecule has 70 heavy (non-hydrogen) atoms. The van der Waals surface area contributed by atoms with Crippen LogP contribution in [0.5, 0.6) is 5.75 Å². The summed E-state index contributed by atoms with van der Waals surface area (Å²) in [6.07, 6.45) is -5.92. The van der Waals surface area contributed by atoms with Crippen molar-refractivity contribution >= 4 is 51.5 Å². The quantitative estimate of drug-likeness (QED) is 0.105. The number of benzene rings is 3. The number of carbonyl (C=O) groups excluding carboxylic acids is 5. The van der Waals surface area contributed by atoms with Gasteiger partial charge in [-0.05, 0) is 139 Å². The first-order valence-electron chi connectivity index (χ1n) is 22.9. The molecule has 2 saturated heterocycles. The Kier molecular flexibility index (Phi) is 18.4. The highest BCUT2D eigenvalue weighted by atomic mass is 32.2. The van der Waals surface area contributed by atoms with Crippen molar-refractivity contribution in [3.63, 3.8) is 0 Å². The number of halogens is 3. The van der Waals surface area contributed by atoms with E-state index in [0.717, 1.165) is 23.3 Å². The predicted molar refractivity (Wildman–Crippen MR) is 257 cm³/mol. The van der Waals surface area contributed by atoms with Crippen LogP contribution >= 0.6 is 0 Å². The van der Waals surface area contributed by atoms with Gasteiger partial charge in [0.15, 0.2) is 0 Å². The zero-order valence-corrected chi connectivity index (χ0v) is 42.5. The van der Waals surface area contributed by atoms with Gasteiger partial charge in [-0.25, -0.2) is 27.6 Å². The average molecular weight is 1010 g/mol. The van der Waals surface area contributed by atoms with E-state index in [1.807, 2.05) is 36.4 Å². The predicted octanol–water partition coefficient (Wildman–Crippen LogP) is 9.27. The van der Waals surface area contributed by atoms with E-state index < -0.39 is 74.5 Å². The van der Waals surface area contributed by atoms with Gasteiger partial charge in [0.1, 0.15) is 28.0 Å². The number of nitrogens with zero attached hydrogens (tertiary/aromatic N) is 2. The number of nitrogens with one attached hydrogen (secondary N) is 4. The van der Waals surface area contributed by atoms with Gasteiger partial charge in [-0.1, -0.05) is 52.0 Å². The fraction of sp³-hybridized carbons (Fsp3) is 0.531. The maximum absolute atomic E-state index is 13.6. The van der Waals surface area contributed by atoms with E-state index in [-0.39, 0.29) is 62.4 Å². The molecular weight excluding hydrogens is 938 g/mol. The van der Waals surface area contributed by atoms with Gasteiger partial charge in [-0.15, -0.1) is 13.2 Å². The van der Waals surface area contributed by atoms with Crippen LogP contribution in [-0.2, 0) is 33.8 Å². The zero-order valence-electron chi connectivity index (χ0n) is 41.7. The van der Waals surface area contributed by atoms with Gasteiger partial charge < -0.3 is 45.1 Å². The van der Waals surface area contributed by atoms with E-state index in [9.17, 15) is 45.6 Å². The van der Waals surface area contributed by atoms with Crippen molar-refractivity contribution in [3.8, 4) is 5.75 Å². The molecule has 21 heteroatoms. The summed E-state index contributed by atoms with van der Waals surface area (Å²) in [4.78, 5) is 65.1. The van der Waals surface area contributed by atoms with Crippen molar-refractivity contribution in [1.82, 2.24) is 19.8 Å². The van der Waals surface area contributed by atoms with Crippen LogP contribution in [0.25, 0.3) is 0 Å². The van der Waals surface area contributed by atoms with Crippen LogP contribution in [0.15, 0.2) is 77.7 Å².